The lowest BCUT2D eigenvalue weighted by Gasteiger charge is -2.15. The van der Waals surface area contributed by atoms with Crippen LogP contribution >= 0.6 is 11.8 Å². The number of aromatic nitrogens is 3. The van der Waals surface area contributed by atoms with E-state index in [1.165, 1.54) is 11.8 Å². The summed E-state index contributed by atoms with van der Waals surface area (Å²) in [4.78, 5) is 25.9. The van der Waals surface area contributed by atoms with E-state index in [1.54, 1.807) is 4.90 Å². The van der Waals surface area contributed by atoms with Crippen LogP contribution in [0.4, 0.5) is 0 Å². The Bertz CT molecular complexity index is 814. The molecular weight excluding hydrogens is 362 g/mol. The van der Waals surface area contributed by atoms with E-state index in [0.717, 1.165) is 42.9 Å². The van der Waals surface area contributed by atoms with Crippen LogP contribution in [0.3, 0.4) is 0 Å². The molecule has 0 bridgehead atoms. The molecule has 7 nitrogen and oxygen atoms in total. The number of hydrogen-bond donors (Lipinski definition) is 1. The molecule has 1 aliphatic rings. The second-order valence-electron chi connectivity index (χ2n) is 6.57. The Labute approximate surface area is 163 Å². The standard InChI is InChI=1S/C19H25N5O2S/c1-3-24-18(15-8-6-7-14(2)11-15)21-22-19(24)27-13-16(25)20-12-17(26)23-9-4-5-10-23/h6-8,11H,3-5,9-10,12-13H2,1-2H3,(H,20,25). The third-order valence-electron chi connectivity index (χ3n) is 4.54. The highest BCUT2D eigenvalue weighted by atomic mass is 32.2. The Kier molecular flexibility index (Phi) is 6.49. The van der Waals surface area contributed by atoms with Gasteiger partial charge in [-0.15, -0.1) is 10.2 Å². The monoisotopic (exact) mass is 387 g/mol. The molecule has 3 rings (SSSR count). The molecule has 8 heteroatoms. The van der Waals surface area contributed by atoms with Crippen LogP contribution in [-0.2, 0) is 16.1 Å². The van der Waals surface area contributed by atoms with Gasteiger partial charge in [0.1, 0.15) is 0 Å². The van der Waals surface area contributed by atoms with Crippen LogP contribution in [0.1, 0.15) is 25.3 Å². The zero-order chi connectivity index (χ0) is 19.2. The molecule has 1 aromatic heterocycles. The summed E-state index contributed by atoms with van der Waals surface area (Å²) in [5.41, 5.74) is 2.17. The lowest BCUT2D eigenvalue weighted by Crippen LogP contribution is -2.39. The first-order chi connectivity index (χ1) is 13.1. The molecule has 0 spiro atoms. The van der Waals surface area contributed by atoms with Gasteiger partial charge in [-0.2, -0.15) is 0 Å². The summed E-state index contributed by atoms with van der Waals surface area (Å²) in [7, 11) is 0. The molecule has 2 heterocycles. The first kappa shape index (κ1) is 19.4. The van der Waals surface area contributed by atoms with Crippen molar-refractivity contribution in [3.63, 3.8) is 0 Å². The van der Waals surface area contributed by atoms with E-state index in [9.17, 15) is 9.59 Å². The Hall–Kier alpha value is -2.35. The molecule has 1 N–H and O–H groups in total. The van der Waals surface area contributed by atoms with Crippen molar-refractivity contribution in [2.24, 2.45) is 0 Å². The quantitative estimate of drug-likeness (QED) is 0.736. The number of rotatable bonds is 7. The van der Waals surface area contributed by atoms with Gasteiger partial charge >= 0.3 is 0 Å². The summed E-state index contributed by atoms with van der Waals surface area (Å²) in [6, 6.07) is 8.12. The molecule has 1 fully saturated rings. The van der Waals surface area contributed by atoms with E-state index >= 15 is 0 Å². The van der Waals surface area contributed by atoms with Crippen molar-refractivity contribution in [3.05, 3.63) is 29.8 Å². The van der Waals surface area contributed by atoms with Gasteiger partial charge in [-0.3, -0.25) is 9.59 Å². The van der Waals surface area contributed by atoms with Gasteiger partial charge in [0, 0.05) is 25.2 Å². The fourth-order valence-electron chi connectivity index (χ4n) is 3.11. The number of nitrogens with zero attached hydrogens (tertiary/aromatic N) is 4. The second kappa shape index (κ2) is 9.03. The number of amides is 2. The zero-order valence-electron chi connectivity index (χ0n) is 15.8. The molecule has 0 saturated carbocycles. The maximum absolute atomic E-state index is 12.1. The van der Waals surface area contributed by atoms with E-state index in [0.29, 0.717) is 11.7 Å². The highest BCUT2D eigenvalue weighted by Crippen LogP contribution is 2.24. The van der Waals surface area contributed by atoms with E-state index < -0.39 is 0 Å². The lowest BCUT2D eigenvalue weighted by atomic mass is 10.1. The van der Waals surface area contributed by atoms with Crippen LogP contribution in [-0.4, -0.2) is 56.9 Å². The van der Waals surface area contributed by atoms with Gasteiger partial charge in [0.15, 0.2) is 11.0 Å². The molecule has 0 aliphatic carbocycles. The first-order valence-corrected chi connectivity index (χ1v) is 10.2. The zero-order valence-corrected chi connectivity index (χ0v) is 16.6. The Morgan fingerprint density at radius 2 is 2.00 bits per heavy atom. The van der Waals surface area contributed by atoms with Crippen molar-refractivity contribution in [1.82, 2.24) is 25.0 Å². The van der Waals surface area contributed by atoms with Gasteiger partial charge < -0.3 is 14.8 Å². The van der Waals surface area contributed by atoms with E-state index in [2.05, 4.69) is 21.6 Å². The summed E-state index contributed by atoms with van der Waals surface area (Å²) in [5, 5.41) is 12.0. The van der Waals surface area contributed by atoms with Crippen molar-refractivity contribution in [2.45, 2.75) is 38.4 Å². The molecule has 0 unspecified atom stereocenters. The summed E-state index contributed by atoms with van der Waals surface area (Å²) < 4.78 is 2.00. The Morgan fingerprint density at radius 1 is 1.22 bits per heavy atom. The van der Waals surface area contributed by atoms with Crippen molar-refractivity contribution in [3.8, 4) is 11.4 Å². The first-order valence-electron chi connectivity index (χ1n) is 9.26. The molecule has 0 radical (unpaired) electrons. The van der Waals surface area contributed by atoms with Crippen molar-refractivity contribution in [1.29, 1.82) is 0 Å². The predicted octanol–water partition coefficient (Wildman–Crippen LogP) is 2.10. The molecule has 1 aromatic carbocycles. The Morgan fingerprint density at radius 3 is 2.70 bits per heavy atom. The number of hydrogen-bond acceptors (Lipinski definition) is 5. The topological polar surface area (TPSA) is 80.1 Å². The third-order valence-corrected chi connectivity index (χ3v) is 5.50. The van der Waals surface area contributed by atoms with E-state index in [1.807, 2.05) is 36.6 Å². The minimum absolute atomic E-state index is 0.00990. The normalized spacial score (nSPS) is 13.8. The lowest BCUT2D eigenvalue weighted by molar-refractivity contribution is -0.131. The van der Waals surface area contributed by atoms with Crippen LogP contribution in [0.25, 0.3) is 11.4 Å². The maximum Gasteiger partial charge on any atom is 0.241 e. The van der Waals surface area contributed by atoms with Crippen LogP contribution in [0.2, 0.25) is 0 Å². The minimum Gasteiger partial charge on any atom is -0.346 e. The van der Waals surface area contributed by atoms with Crippen LogP contribution in [0.5, 0.6) is 0 Å². The van der Waals surface area contributed by atoms with Crippen molar-refractivity contribution >= 4 is 23.6 Å². The minimum atomic E-state index is -0.171. The summed E-state index contributed by atoms with van der Waals surface area (Å²) in [6.45, 7) is 6.44. The molecule has 2 amide bonds. The summed E-state index contributed by atoms with van der Waals surface area (Å²) in [6.07, 6.45) is 2.09. The number of thioether (sulfide) groups is 1. The number of nitrogens with one attached hydrogen (secondary N) is 1. The smallest absolute Gasteiger partial charge is 0.241 e. The fraction of sp³-hybridized carbons (Fsp3) is 0.474. The van der Waals surface area contributed by atoms with E-state index in [4.69, 9.17) is 0 Å². The second-order valence-corrected chi connectivity index (χ2v) is 7.52. The largest absolute Gasteiger partial charge is 0.346 e. The third kappa shape index (κ3) is 4.88. The fourth-order valence-corrected chi connectivity index (χ4v) is 3.94. The number of carbonyl (C=O) groups is 2. The van der Waals surface area contributed by atoms with Crippen molar-refractivity contribution < 1.29 is 9.59 Å². The molecule has 1 aliphatic heterocycles. The SMILES string of the molecule is CCn1c(SCC(=O)NCC(=O)N2CCCC2)nnc1-c1cccc(C)c1. The van der Waals surface area contributed by atoms with Crippen LogP contribution in [0.15, 0.2) is 29.4 Å². The van der Waals surface area contributed by atoms with E-state index in [-0.39, 0.29) is 24.1 Å². The van der Waals surface area contributed by atoms with Crippen LogP contribution < -0.4 is 5.32 Å². The molecule has 144 valence electrons. The molecule has 0 atom stereocenters. The van der Waals surface area contributed by atoms with Gasteiger partial charge in [-0.05, 0) is 32.8 Å². The molecule has 1 saturated heterocycles. The van der Waals surface area contributed by atoms with Gasteiger partial charge in [0.2, 0.25) is 11.8 Å². The highest BCUT2D eigenvalue weighted by Gasteiger charge is 2.19. The number of carbonyl (C=O) groups excluding carboxylic acids is 2. The number of likely N-dealkylation sites (tertiary alicyclic amines) is 1. The van der Waals surface area contributed by atoms with Crippen LogP contribution in [0, 0.1) is 6.92 Å². The molecular formula is C19H25N5O2S. The highest BCUT2D eigenvalue weighted by molar-refractivity contribution is 7.99. The van der Waals surface area contributed by atoms with Gasteiger partial charge in [-0.1, -0.05) is 35.5 Å². The summed E-state index contributed by atoms with van der Waals surface area (Å²) >= 11 is 1.34. The summed E-state index contributed by atoms with van der Waals surface area (Å²) in [5.74, 6) is 0.826. The number of benzene rings is 1. The van der Waals surface area contributed by atoms with Gasteiger partial charge in [-0.25, -0.2) is 0 Å². The number of aryl methyl sites for hydroxylation is 1. The van der Waals surface area contributed by atoms with Crippen molar-refractivity contribution in [2.75, 3.05) is 25.4 Å². The maximum atomic E-state index is 12.1. The van der Waals surface area contributed by atoms with Gasteiger partial charge in [0.25, 0.3) is 0 Å². The predicted molar refractivity (Wildman–Crippen MR) is 105 cm³/mol. The average Bonchev–Trinajstić information content (AvgIpc) is 3.33. The molecule has 27 heavy (non-hydrogen) atoms. The Balaban J connectivity index is 1.56. The average molecular weight is 388 g/mol. The van der Waals surface area contributed by atoms with Gasteiger partial charge in [0.05, 0.1) is 12.3 Å². The molecule has 2 aromatic rings.